The van der Waals surface area contributed by atoms with E-state index in [9.17, 15) is 23.1 Å². The van der Waals surface area contributed by atoms with E-state index in [1.165, 1.54) is 23.9 Å². The van der Waals surface area contributed by atoms with Crippen LogP contribution in [0.5, 0.6) is 5.75 Å². The van der Waals surface area contributed by atoms with E-state index in [0.29, 0.717) is 24.5 Å². The number of nitrogens with zero attached hydrogens (tertiary/aromatic N) is 4. The number of imidazole rings is 1. The van der Waals surface area contributed by atoms with Crippen molar-refractivity contribution in [2.24, 2.45) is 13.0 Å². The summed E-state index contributed by atoms with van der Waals surface area (Å²) in [5.74, 6) is -0.547. The first kappa shape index (κ1) is 36.1. The highest BCUT2D eigenvalue weighted by Gasteiger charge is 2.33. The monoisotopic (exact) mass is 669 g/mol. The summed E-state index contributed by atoms with van der Waals surface area (Å²) in [5, 5.41) is 13.0. The molecule has 13 heteroatoms. The Morgan fingerprint density at radius 1 is 1.17 bits per heavy atom. The van der Waals surface area contributed by atoms with Crippen LogP contribution >= 0.6 is 0 Å². The van der Waals surface area contributed by atoms with Gasteiger partial charge in [0.1, 0.15) is 5.75 Å². The lowest BCUT2D eigenvalue weighted by molar-refractivity contribution is -0.115. The summed E-state index contributed by atoms with van der Waals surface area (Å²) in [6.07, 6.45) is 4.54. The Kier molecular flexibility index (Phi) is 12.6. The first-order chi connectivity index (χ1) is 22.4. The van der Waals surface area contributed by atoms with Crippen molar-refractivity contribution in [3.63, 3.8) is 0 Å². The Morgan fingerprint density at radius 2 is 1.91 bits per heavy atom. The molecule has 0 radical (unpaired) electrons. The van der Waals surface area contributed by atoms with Crippen LogP contribution in [0.1, 0.15) is 56.0 Å². The number of nitrogens with one attached hydrogen (secondary N) is 1. The molecule has 0 bridgehead atoms. The summed E-state index contributed by atoms with van der Waals surface area (Å²) < 4.78 is 42.0. The molecule has 3 aromatic rings. The average Bonchev–Trinajstić information content (AvgIpc) is 3.49. The molecule has 0 fully saturated rings. The molecule has 0 spiro atoms. The SMILES string of the molecule is C[C@H](CO)N1C[C@H](C)[C@@H](CN(C)S(=O)(=O)c2cn(C)cn2)OCCCC[C@H](C)Oc2ccc(NC(=O)Cc3ccccc3)cc2C1=O. The third kappa shape index (κ3) is 9.63. The highest BCUT2D eigenvalue weighted by atomic mass is 32.2. The first-order valence-electron chi connectivity index (χ1n) is 16.0. The van der Waals surface area contributed by atoms with Crippen LogP contribution in [0, 0.1) is 5.92 Å². The quantitative estimate of drug-likeness (QED) is 0.351. The zero-order valence-electron chi connectivity index (χ0n) is 27.8. The second-order valence-corrected chi connectivity index (χ2v) is 14.4. The number of fused-ring (bicyclic) bond motifs is 1. The largest absolute Gasteiger partial charge is 0.490 e. The summed E-state index contributed by atoms with van der Waals surface area (Å²) in [4.78, 5) is 32.8. The van der Waals surface area contributed by atoms with Crippen molar-refractivity contribution in [1.82, 2.24) is 18.8 Å². The van der Waals surface area contributed by atoms with Crippen LogP contribution in [0.25, 0.3) is 0 Å². The summed E-state index contributed by atoms with van der Waals surface area (Å²) >= 11 is 0. The molecule has 1 aromatic heterocycles. The predicted molar refractivity (Wildman–Crippen MR) is 179 cm³/mol. The van der Waals surface area contributed by atoms with Crippen LogP contribution in [0.15, 0.2) is 66.1 Å². The number of carbonyl (C=O) groups excluding carboxylic acids is 2. The van der Waals surface area contributed by atoms with Gasteiger partial charge in [0.15, 0.2) is 5.03 Å². The van der Waals surface area contributed by atoms with Gasteiger partial charge in [0.05, 0.1) is 43.2 Å². The van der Waals surface area contributed by atoms with Crippen LogP contribution in [0.4, 0.5) is 5.69 Å². The van der Waals surface area contributed by atoms with Crippen LogP contribution in [0.2, 0.25) is 0 Å². The minimum Gasteiger partial charge on any atom is -0.490 e. The second-order valence-electron chi connectivity index (χ2n) is 12.4. The van der Waals surface area contributed by atoms with Gasteiger partial charge in [-0.1, -0.05) is 37.3 Å². The van der Waals surface area contributed by atoms with E-state index in [0.717, 1.165) is 18.4 Å². The number of rotatable bonds is 9. The Bertz CT molecular complexity index is 1600. The predicted octanol–water partition coefficient (Wildman–Crippen LogP) is 3.72. The smallest absolute Gasteiger partial charge is 0.261 e. The van der Waals surface area contributed by atoms with Crippen LogP contribution in [0.3, 0.4) is 0 Å². The number of aliphatic hydroxyl groups is 1. The highest BCUT2D eigenvalue weighted by Crippen LogP contribution is 2.29. The van der Waals surface area contributed by atoms with Crippen molar-refractivity contribution >= 4 is 27.5 Å². The standard InChI is InChI=1S/C34H47N5O7S/c1-24-19-39(25(2)22-40)34(42)29-18-28(36-32(41)17-27-12-7-6-8-13-27)14-15-30(29)46-26(3)11-9-10-16-45-31(24)20-38(5)47(43,44)33-21-37(4)23-35-33/h6-8,12-15,18,21,23-26,31,40H,9-11,16-17,19-20,22H2,1-5H3,(H,36,41)/t24-,25+,26-,31+/m0/s1. The minimum absolute atomic E-state index is 0.0449. The van der Waals surface area contributed by atoms with Crippen LogP contribution in [-0.4, -0.2) is 95.7 Å². The number of sulfonamides is 1. The van der Waals surface area contributed by atoms with Gasteiger partial charge in [0.25, 0.3) is 15.9 Å². The highest BCUT2D eigenvalue weighted by molar-refractivity contribution is 7.89. The molecule has 2 N–H and O–H groups in total. The van der Waals surface area contributed by atoms with Gasteiger partial charge in [-0.25, -0.2) is 13.4 Å². The van der Waals surface area contributed by atoms with Gasteiger partial charge in [-0.05, 0) is 56.9 Å². The molecular weight excluding hydrogens is 622 g/mol. The Hall–Kier alpha value is -3.78. The van der Waals surface area contributed by atoms with Gasteiger partial charge < -0.3 is 29.4 Å². The number of carbonyl (C=O) groups is 2. The molecule has 4 atom stereocenters. The van der Waals surface area contributed by atoms with Crippen LogP contribution < -0.4 is 10.1 Å². The zero-order chi connectivity index (χ0) is 34.1. The van der Waals surface area contributed by atoms with Gasteiger partial charge in [-0.2, -0.15) is 4.31 Å². The van der Waals surface area contributed by atoms with E-state index in [4.69, 9.17) is 9.47 Å². The van der Waals surface area contributed by atoms with E-state index in [-0.39, 0.29) is 60.5 Å². The Labute approximate surface area is 277 Å². The lowest BCUT2D eigenvalue weighted by Gasteiger charge is -2.35. The first-order valence-corrected chi connectivity index (χ1v) is 17.4. The van der Waals surface area contributed by atoms with E-state index < -0.39 is 22.2 Å². The number of aromatic nitrogens is 2. The van der Waals surface area contributed by atoms with Crippen molar-refractivity contribution in [2.75, 3.05) is 38.7 Å². The molecule has 2 heterocycles. The average molecular weight is 670 g/mol. The molecule has 2 aromatic carbocycles. The van der Waals surface area contributed by atoms with E-state index in [1.807, 2.05) is 44.2 Å². The maximum atomic E-state index is 14.3. The number of hydrogen-bond donors (Lipinski definition) is 2. The van der Waals surface area contributed by atoms with Crippen molar-refractivity contribution in [1.29, 1.82) is 0 Å². The van der Waals surface area contributed by atoms with Gasteiger partial charge in [-0.15, -0.1) is 0 Å². The van der Waals surface area contributed by atoms with Gasteiger partial charge in [0.2, 0.25) is 5.91 Å². The molecule has 4 rings (SSSR count). The maximum absolute atomic E-state index is 14.3. The minimum atomic E-state index is -3.88. The number of hydrogen-bond acceptors (Lipinski definition) is 8. The molecule has 0 aliphatic carbocycles. The number of benzene rings is 2. The van der Waals surface area contributed by atoms with Crippen LogP contribution in [-0.2, 0) is 33.0 Å². The molecule has 1 aliphatic heterocycles. The topological polar surface area (TPSA) is 143 Å². The van der Waals surface area contributed by atoms with Gasteiger partial charge in [0, 0.05) is 51.6 Å². The van der Waals surface area contributed by atoms with E-state index in [1.54, 1.807) is 41.6 Å². The number of amides is 2. The molecule has 2 amide bonds. The lowest BCUT2D eigenvalue weighted by Crippen LogP contribution is -2.48. The zero-order valence-corrected chi connectivity index (χ0v) is 28.7. The summed E-state index contributed by atoms with van der Waals surface area (Å²) in [6, 6.07) is 13.8. The maximum Gasteiger partial charge on any atom is 0.261 e. The lowest BCUT2D eigenvalue weighted by atomic mass is 10.0. The normalized spacial score (nSPS) is 20.6. The number of aliphatic hydroxyl groups excluding tert-OH is 1. The second kappa shape index (κ2) is 16.4. The van der Waals surface area contributed by atoms with Crippen molar-refractivity contribution in [2.45, 2.75) is 69.7 Å². The summed E-state index contributed by atoms with van der Waals surface area (Å²) in [6.45, 7) is 5.92. The fraction of sp³-hybridized carbons (Fsp3) is 0.500. The molecule has 256 valence electrons. The molecule has 12 nitrogen and oxygen atoms in total. The Balaban J connectivity index is 1.62. The number of ether oxygens (including phenoxy) is 2. The fourth-order valence-electron chi connectivity index (χ4n) is 5.48. The van der Waals surface area contributed by atoms with E-state index >= 15 is 0 Å². The van der Waals surface area contributed by atoms with Gasteiger partial charge >= 0.3 is 0 Å². The molecular formula is C34H47N5O7S. The molecule has 0 saturated heterocycles. The fourth-order valence-corrected chi connectivity index (χ4v) is 6.62. The third-order valence-electron chi connectivity index (χ3n) is 8.34. The number of likely N-dealkylation sites (N-methyl/N-ethyl adjacent to an activating group) is 1. The van der Waals surface area contributed by atoms with Crippen molar-refractivity contribution in [3.8, 4) is 5.75 Å². The molecule has 47 heavy (non-hydrogen) atoms. The Morgan fingerprint density at radius 3 is 2.60 bits per heavy atom. The summed E-state index contributed by atoms with van der Waals surface area (Å²) in [5.41, 5.74) is 1.57. The van der Waals surface area contributed by atoms with Crippen molar-refractivity contribution in [3.05, 3.63) is 72.2 Å². The third-order valence-corrected chi connectivity index (χ3v) is 10.0. The molecule has 0 saturated carbocycles. The number of aryl methyl sites for hydroxylation is 1. The number of anilines is 1. The van der Waals surface area contributed by atoms with E-state index in [2.05, 4.69) is 10.3 Å². The summed E-state index contributed by atoms with van der Waals surface area (Å²) in [7, 11) is -0.683. The molecule has 0 unspecified atom stereocenters. The molecule has 1 aliphatic rings. The van der Waals surface area contributed by atoms with Crippen molar-refractivity contribution < 1.29 is 32.6 Å². The van der Waals surface area contributed by atoms with Gasteiger partial charge in [-0.3, -0.25) is 9.59 Å².